The zero-order valence-electron chi connectivity index (χ0n) is 13.6. The van der Waals surface area contributed by atoms with Crippen LogP contribution in [0.3, 0.4) is 0 Å². The van der Waals surface area contributed by atoms with E-state index in [2.05, 4.69) is 0 Å². The zero-order valence-corrected chi connectivity index (χ0v) is 14.4. The van der Waals surface area contributed by atoms with E-state index in [1.807, 2.05) is 0 Å². The van der Waals surface area contributed by atoms with Crippen molar-refractivity contribution in [2.24, 2.45) is 0 Å². The van der Waals surface area contributed by atoms with Crippen LogP contribution in [0, 0.1) is 0 Å². The average Bonchev–Trinajstić information content (AvgIpc) is 2.65. The van der Waals surface area contributed by atoms with Crippen molar-refractivity contribution in [2.45, 2.75) is 0 Å². The summed E-state index contributed by atoms with van der Waals surface area (Å²) in [5.41, 5.74) is 1.08. The van der Waals surface area contributed by atoms with Crippen molar-refractivity contribution in [1.29, 1.82) is 0 Å². The molecule has 7 heteroatoms. The van der Waals surface area contributed by atoms with Crippen LogP contribution in [0.4, 0.5) is 0 Å². The number of benzene rings is 2. The molecule has 0 radical (unpaired) electrons. The number of ketones is 1. The predicted molar refractivity (Wildman–Crippen MR) is 95.4 cm³/mol. The Morgan fingerprint density at radius 3 is 2.81 bits per heavy atom. The first-order valence-corrected chi connectivity index (χ1v) is 8.17. The molecule has 0 spiro atoms. The van der Waals surface area contributed by atoms with Crippen LogP contribution in [0.15, 0.2) is 42.5 Å². The third kappa shape index (κ3) is 4.34. The molecule has 26 heavy (non-hydrogen) atoms. The van der Waals surface area contributed by atoms with Gasteiger partial charge in [0, 0.05) is 5.56 Å². The summed E-state index contributed by atoms with van der Waals surface area (Å²) in [6.07, 6.45) is 3.02. The first-order chi connectivity index (χ1) is 12.5. The number of rotatable bonds is 6. The number of ether oxygens (including phenoxy) is 3. The molecule has 134 valence electrons. The number of carboxylic acids is 1. The van der Waals surface area contributed by atoms with E-state index in [0.717, 1.165) is 0 Å². The van der Waals surface area contributed by atoms with Crippen molar-refractivity contribution in [3.63, 3.8) is 0 Å². The normalized spacial score (nSPS) is 12.8. The van der Waals surface area contributed by atoms with E-state index in [1.165, 1.54) is 12.1 Å². The van der Waals surface area contributed by atoms with Crippen molar-refractivity contribution in [3.05, 3.63) is 58.6 Å². The van der Waals surface area contributed by atoms with Crippen molar-refractivity contribution in [3.8, 4) is 17.2 Å². The number of allylic oxidation sites excluding steroid dienone is 1. The third-order valence-electron chi connectivity index (χ3n) is 3.53. The predicted octanol–water partition coefficient (Wildman–Crippen LogP) is 3.47. The topological polar surface area (TPSA) is 82.1 Å². The van der Waals surface area contributed by atoms with Crippen LogP contribution < -0.4 is 14.2 Å². The molecular weight excluding hydrogens is 360 g/mol. The largest absolute Gasteiger partial charge is 0.486 e. The standard InChI is InChI=1S/C19H15ClO6/c20-15-8-12(9-17-19(15)25-7-6-24-17)4-5-16(21)13-2-1-3-14(10-13)26-11-18(22)23/h1-5,8-10H,6-7,11H2,(H,22,23). The fourth-order valence-corrected chi connectivity index (χ4v) is 2.65. The molecule has 0 saturated carbocycles. The van der Waals surface area contributed by atoms with E-state index in [9.17, 15) is 9.59 Å². The van der Waals surface area contributed by atoms with Gasteiger partial charge < -0.3 is 19.3 Å². The van der Waals surface area contributed by atoms with Crippen molar-refractivity contribution in [1.82, 2.24) is 0 Å². The fourth-order valence-electron chi connectivity index (χ4n) is 2.38. The molecule has 6 nitrogen and oxygen atoms in total. The maximum atomic E-state index is 12.3. The molecule has 0 saturated heterocycles. The lowest BCUT2D eigenvalue weighted by Crippen LogP contribution is -2.15. The van der Waals surface area contributed by atoms with E-state index in [4.69, 9.17) is 30.9 Å². The van der Waals surface area contributed by atoms with Gasteiger partial charge in [-0.3, -0.25) is 4.79 Å². The molecule has 2 aromatic rings. The molecule has 0 atom stereocenters. The minimum absolute atomic E-state index is 0.253. The number of hydrogen-bond acceptors (Lipinski definition) is 5. The highest BCUT2D eigenvalue weighted by Crippen LogP contribution is 2.38. The van der Waals surface area contributed by atoms with Gasteiger partial charge in [0.25, 0.3) is 0 Å². The number of carbonyl (C=O) groups excluding carboxylic acids is 1. The smallest absolute Gasteiger partial charge is 0.341 e. The maximum absolute atomic E-state index is 12.3. The Morgan fingerprint density at radius 1 is 1.19 bits per heavy atom. The first-order valence-electron chi connectivity index (χ1n) is 7.79. The molecule has 2 aromatic carbocycles. The van der Waals surface area contributed by atoms with Gasteiger partial charge in [-0.15, -0.1) is 0 Å². The Labute approximate surface area is 154 Å². The van der Waals surface area contributed by atoms with Crippen molar-refractivity contribution >= 4 is 29.4 Å². The van der Waals surface area contributed by atoms with Crippen LogP contribution in [-0.4, -0.2) is 36.7 Å². The van der Waals surface area contributed by atoms with Crippen LogP contribution in [0.25, 0.3) is 6.08 Å². The molecule has 0 bridgehead atoms. The van der Waals surface area contributed by atoms with Gasteiger partial charge in [-0.1, -0.05) is 29.8 Å². The van der Waals surface area contributed by atoms with Crippen molar-refractivity contribution in [2.75, 3.05) is 19.8 Å². The number of carboxylic acid groups (broad SMARTS) is 1. The second kappa shape index (κ2) is 7.93. The Balaban J connectivity index is 1.74. The molecule has 0 amide bonds. The second-order valence-electron chi connectivity index (χ2n) is 5.43. The highest BCUT2D eigenvalue weighted by molar-refractivity contribution is 6.32. The van der Waals surface area contributed by atoms with E-state index < -0.39 is 12.6 Å². The number of halogens is 1. The van der Waals surface area contributed by atoms with Gasteiger partial charge in [-0.05, 0) is 35.9 Å². The molecule has 1 aliphatic heterocycles. The Hall–Kier alpha value is -2.99. The van der Waals surface area contributed by atoms with Crippen LogP contribution in [0.5, 0.6) is 17.2 Å². The average molecular weight is 375 g/mol. The Kier molecular flexibility index (Phi) is 5.43. The third-order valence-corrected chi connectivity index (χ3v) is 3.81. The van der Waals surface area contributed by atoms with Gasteiger partial charge >= 0.3 is 5.97 Å². The van der Waals surface area contributed by atoms with Gasteiger partial charge in [0.2, 0.25) is 0 Å². The minimum atomic E-state index is -1.09. The summed E-state index contributed by atoms with van der Waals surface area (Å²) < 4.78 is 16.0. The summed E-state index contributed by atoms with van der Waals surface area (Å²) in [7, 11) is 0. The first kappa shape index (κ1) is 17.8. The summed E-state index contributed by atoms with van der Waals surface area (Å²) >= 11 is 6.17. The number of aliphatic carboxylic acids is 1. The Morgan fingerprint density at radius 2 is 2.00 bits per heavy atom. The molecule has 1 aliphatic rings. The number of hydrogen-bond donors (Lipinski definition) is 1. The summed E-state index contributed by atoms with van der Waals surface area (Å²) in [4.78, 5) is 22.9. The van der Waals surface area contributed by atoms with Gasteiger partial charge in [-0.25, -0.2) is 4.79 Å². The summed E-state index contributed by atoms with van der Waals surface area (Å²) in [6.45, 7) is 0.419. The van der Waals surface area contributed by atoms with Gasteiger partial charge in [0.1, 0.15) is 19.0 Å². The van der Waals surface area contributed by atoms with Crippen LogP contribution >= 0.6 is 11.6 Å². The zero-order chi connectivity index (χ0) is 18.5. The van der Waals surface area contributed by atoms with Crippen molar-refractivity contribution < 1.29 is 28.9 Å². The van der Waals surface area contributed by atoms with Crippen LogP contribution in [-0.2, 0) is 4.79 Å². The quantitative estimate of drug-likeness (QED) is 0.616. The van der Waals surface area contributed by atoms with E-state index in [0.29, 0.717) is 46.6 Å². The van der Waals surface area contributed by atoms with Gasteiger partial charge in [0.05, 0.1) is 5.02 Å². The van der Waals surface area contributed by atoms with Crippen LogP contribution in [0.2, 0.25) is 5.02 Å². The minimum Gasteiger partial charge on any atom is -0.486 e. The molecular formula is C19H15ClO6. The Bertz CT molecular complexity index is 874. The molecule has 0 aliphatic carbocycles. The lowest BCUT2D eigenvalue weighted by atomic mass is 10.1. The molecule has 1 heterocycles. The lowest BCUT2D eigenvalue weighted by Gasteiger charge is -2.19. The van der Waals surface area contributed by atoms with Crippen LogP contribution in [0.1, 0.15) is 15.9 Å². The number of carbonyl (C=O) groups is 2. The molecule has 0 unspecified atom stereocenters. The maximum Gasteiger partial charge on any atom is 0.341 e. The molecule has 1 N–H and O–H groups in total. The highest BCUT2D eigenvalue weighted by atomic mass is 35.5. The molecule has 0 aromatic heterocycles. The van der Waals surface area contributed by atoms with Gasteiger partial charge in [-0.2, -0.15) is 0 Å². The monoisotopic (exact) mass is 374 g/mol. The second-order valence-corrected chi connectivity index (χ2v) is 5.84. The van der Waals surface area contributed by atoms with E-state index >= 15 is 0 Å². The van der Waals surface area contributed by atoms with Gasteiger partial charge in [0.15, 0.2) is 23.9 Å². The SMILES string of the molecule is O=C(O)COc1cccc(C(=O)C=Cc2cc(Cl)c3c(c2)OCCO3)c1. The summed E-state index contributed by atoms with van der Waals surface area (Å²) in [5.74, 6) is 0.0208. The molecule has 0 fully saturated rings. The van der Waals surface area contributed by atoms with E-state index in [1.54, 1.807) is 36.4 Å². The highest BCUT2D eigenvalue weighted by Gasteiger charge is 2.16. The lowest BCUT2D eigenvalue weighted by molar-refractivity contribution is -0.139. The number of fused-ring (bicyclic) bond motifs is 1. The molecule has 3 rings (SSSR count). The fraction of sp³-hybridized carbons (Fsp3) is 0.158. The summed E-state index contributed by atoms with van der Waals surface area (Å²) in [6, 6.07) is 9.76. The summed E-state index contributed by atoms with van der Waals surface area (Å²) in [5, 5.41) is 9.05. The van der Waals surface area contributed by atoms with E-state index in [-0.39, 0.29) is 5.78 Å².